The van der Waals surface area contributed by atoms with Gasteiger partial charge in [-0.3, -0.25) is 4.79 Å². The first kappa shape index (κ1) is 9.79. The number of rotatable bonds is 2. The minimum atomic E-state index is -0.00333. The van der Waals surface area contributed by atoms with Crippen molar-refractivity contribution in [3.05, 3.63) is 50.0 Å². The number of aromatic nitrogens is 1. The number of carbonyl (C=O) groups excluding carboxylic acids is 1. The average Bonchev–Trinajstić information content (AvgIpc) is 2.71. The van der Waals surface area contributed by atoms with Gasteiger partial charge >= 0.3 is 0 Å². The zero-order chi connectivity index (χ0) is 9.97. The molecule has 0 unspecified atom stereocenters. The summed E-state index contributed by atoms with van der Waals surface area (Å²) in [7, 11) is 0. The second kappa shape index (κ2) is 4.18. The van der Waals surface area contributed by atoms with Crippen molar-refractivity contribution in [3.8, 4) is 0 Å². The Bertz CT molecular complexity index is 436. The van der Waals surface area contributed by atoms with Crippen molar-refractivity contribution in [1.29, 1.82) is 0 Å². The molecule has 0 atom stereocenters. The Labute approximate surface area is 99.1 Å². The van der Waals surface area contributed by atoms with Crippen molar-refractivity contribution in [2.45, 2.75) is 0 Å². The highest BCUT2D eigenvalue weighted by Crippen LogP contribution is 2.13. The van der Waals surface area contributed by atoms with Gasteiger partial charge in [-0.05, 0) is 46.9 Å². The van der Waals surface area contributed by atoms with Gasteiger partial charge < -0.3 is 0 Å². The molecule has 0 amide bonds. The Hall–Kier alpha value is -0.750. The number of carbonyl (C=O) groups is 1. The molecule has 2 nitrogen and oxygen atoms in total. The molecule has 0 radical (unpaired) electrons. The summed E-state index contributed by atoms with van der Waals surface area (Å²) in [6.07, 6.45) is 1.64. The molecule has 14 heavy (non-hydrogen) atoms. The SMILES string of the molecule is O=C(c1ccc(I)cc1)c1nccs1. The van der Waals surface area contributed by atoms with Gasteiger partial charge in [0.1, 0.15) is 0 Å². The molecule has 70 valence electrons. The molecule has 0 N–H and O–H groups in total. The summed E-state index contributed by atoms with van der Waals surface area (Å²) in [5.74, 6) is -0.00333. The average molecular weight is 315 g/mol. The maximum absolute atomic E-state index is 11.8. The molecule has 4 heteroatoms. The third kappa shape index (κ3) is 2.01. The van der Waals surface area contributed by atoms with Crippen LogP contribution in [0.25, 0.3) is 0 Å². The van der Waals surface area contributed by atoms with E-state index in [1.54, 1.807) is 11.6 Å². The maximum Gasteiger partial charge on any atom is 0.221 e. The van der Waals surface area contributed by atoms with Gasteiger partial charge in [0.2, 0.25) is 5.78 Å². The van der Waals surface area contributed by atoms with E-state index in [0.717, 1.165) is 3.57 Å². The summed E-state index contributed by atoms with van der Waals surface area (Å²) in [6.45, 7) is 0. The largest absolute Gasteiger partial charge is 0.286 e. The number of hydrogen-bond acceptors (Lipinski definition) is 3. The van der Waals surface area contributed by atoms with Crippen molar-refractivity contribution >= 4 is 39.7 Å². The highest BCUT2D eigenvalue weighted by molar-refractivity contribution is 14.1. The Kier molecular flexibility index (Phi) is 2.93. The smallest absolute Gasteiger partial charge is 0.221 e. The third-order valence-electron chi connectivity index (χ3n) is 1.73. The van der Waals surface area contributed by atoms with Crippen LogP contribution in [0.4, 0.5) is 0 Å². The number of benzene rings is 1. The van der Waals surface area contributed by atoms with Crippen LogP contribution in [0.2, 0.25) is 0 Å². The van der Waals surface area contributed by atoms with Crippen molar-refractivity contribution in [2.75, 3.05) is 0 Å². The molecule has 1 aromatic heterocycles. The van der Waals surface area contributed by atoms with E-state index >= 15 is 0 Å². The molecule has 0 spiro atoms. The van der Waals surface area contributed by atoms with Gasteiger partial charge in [-0.15, -0.1) is 11.3 Å². The van der Waals surface area contributed by atoms with Crippen LogP contribution in [0.5, 0.6) is 0 Å². The zero-order valence-corrected chi connectivity index (χ0v) is 10.1. The van der Waals surface area contributed by atoms with E-state index in [9.17, 15) is 4.79 Å². The fourth-order valence-corrected chi connectivity index (χ4v) is 2.02. The van der Waals surface area contributed by atoms with E-state index in [-0.39, 0.29) is 5.78 Å². The Morgan fingerprint density at radius 2 is 2.00 bits per heavy atom. The molecule has 1 aromatic carbocycles. The van der Waals surface area contributed by atoms with Crippen LogP contribution in [0.1, 0.15) is 15.4 Å². The molecule has 0 bridgehead atoms. The number of thiazole rings is 1. The van der Waals surface area contributed by atoms with E-state index in [2.05, 4.69) is 27.6 Å². The highest BCUT2D eigenvalue weighted by Gasteiger charge is 2.10. The quantitative estimate of drug-likeness (QED) is 0.630. The monoisotopic (exact) mass is 315 g/mol. The summed E-state index contributed by atoms with van der Waals surface area (Å²) in [5.41, 5.74) is 0.695. The van der Waals surface area contributed by atoms with Crippen molar-refractivity contribution in [1.82, 2.24) is 4.98 Å². The van der Waals surface area contributed by atoms with Crippen molar-refractivity contribution in [3.63, 3.8) is 0 Å². The van der Waals surface area contributed by atoms with Crippen molar-refractivity contribution < 1.29 is 4.79 Å². The van der Waals surface area contributed by atoms with Gasteiger partial charge in [0.15, 0.2) is 5.01 Å². The summed E-state index contributed by atoms with van der Waals surface area (Å²) in [5, 5.41) is 2.35. The standard InChI is InChI=1S/C10H6INOS/c11-8-3-1-7(2-4-8)9(13)10-12-5-6-14-10/h1-6H. The highest BCUT2D eigenvalue weighted by atomic mass is 127. The topological polar surface area (TPSA) is 30.0 Å². The predicted octanol–water partition coefficient (Wildman–Crippen LogP) is 2.98. The fourth-order valence-electron chi connectivity index (χ4n) is 1.06. The van der Waals surface area contributed by atoms with Gasteiger partial charge in [0.05, 0.1) is 0 Å². The van der Waals surface area contributed by atoms with Crippen molar-refractivity contribution in [2.24, 2.45) is 0 Å². The number of ketones is 1. The molecule has 0 aliphatic heterocycles. The molecular weight excluding hydrogens is 309 g/mol. The summed E-state index contributed by atoms with van der Waals surface area (Å²) in [6, 6.07) is 7.49. The van der Waals surface area contributed by atoms with E-state index in [1.807, 2.05) is 24.3 Å². The van der Waals surface area contributed by atoms with Crippen LogP contribution in [0, 0.1) is 3.57 Å². The molecule has 2 aromatic rings. The van der Waals surface area contributed by atoms with Gasteiger partial charge in [-0.1, -0.05) is 0 Å². The lowest BCUT2D eigenvalue weighted by atomic mass is 10.1. The minimum Gasteiger partial charge on any atom is -0.286 e. The van der Waals surface area contributed by atoms with Gasteiger partial charge in [-0.25, -0.2) is 4.98 Å². The van der Waals surface area contributed by atoms with Gasteiger partial charge in [0.25, 0.3) is 0 Å². The van der Waals surface area contributed by atoms with Gasteiger partial charge in [-0.2, -0.15) is 0 Å². The van der Waals surface area contributed by atoms with Crippen LogP contribution in [-0.2, 0) is 0 Å². The van der Waals surface area contributed by atoms with Crippen LogP contribution in [-0.4, -0.2) is 10.8 Å². The van der Waals surface area contributed by atoms with E-state index in [0.29, 0.717) is 10.6 Å². The number of nitrogens with zero attached hydrogens (tertiary/aromatic N) is 1. The molecule has 0 aliphatic rings. The zero-order valence-electron chi connectivity index (χ0n) is 7.11. The van der Waals surface area contributed by atoms with E-state index in [1.165, 1.54) is 11.3 Å². The lowest BCUT2D eigenvalue weighted by molar-refractivity contribution is 0.103. The second-order valence-electron chi connectivity index (χ2n) is 2.67. The Morgan fingerprint density at radius 3 is 2.57 bits per heavy atom. The molecule has 0 aliphatic carbocycles. The molecule has 1 heterocycles. The first-order valence-corrected chi connectivity index (χ1v) is 5.93. The lowest BCUT2D eigenvalue weighted by Gasteiger charge is -1.96. The molecule has 2 rings (SSSR count). The number of hydrogen-bond donors (Lipinski definition) is 0. The first-order chi connectivity index (χ1) is 6.77. The normalized spacial score (nSPS) is 10.1. The fraction of sp³-hybridized carbons (Fsp3) is 0. The predicted molar refractivity (Wildman–Crippen MR) is 64.7 cm³/mol. The second-order valence-corrected chi connectivity index (χ2v) is 4.81. The van der Waals surface area contributed by atoms with Crippen LogP contribution >= 0.6 is 33.9 Å². The summed E-state index contributed by atoms with van der Waals surface area (Å²) < 4.78 is 1.12. The minimum absolute atomic E-state index is 0.00333. The Balaban J connectivity index is 2.33. The van der Waals surface area contributed by atoms with Crippen LogP contribution < -0.4 is 0 Å². The lowest BCUT2D eigenvalue weighted by Crippen LogP contribution is -1.99. The van der Waals surface area contributed by atoms with Gasteiger partial charge in [0, 0.05) is 20.7 Å². The number of halogens is 1. The first-order valence-electron chi connectivity index (χ1n) is 3.97. The molecule has 0 saturated heterocycles. The molecule has 0 fully saturated rings. The third-order valence-corrected chi connectivity index (χ3v) is 3.22. The Morgan fingerprint density at radius 1 is 1.29 bits per heavy atom. The maximum atomic E-state index is 11.8. The summed E-state index contributed by atoms with van der Waals surface area (Å²) in [4.78, 5) is 15.7. The van der Waals surface area contributed by atoms with Crippen LogP contribution in [0.15, 0.2) is 35.8 Å². The van der Waals surface area contributed by atoms with E-state index in [4.69, 9.17) is 0 Å². The van der Waals surface area contributed by atoms with E-state index < -0.39 is 0 Å². The molecular formula is C10H6INOS. The molecule has 0 saturated carbocycles. The van der Waals surface area contributed by atoms with Crippen LogP contribution in [0.3, 0.4) is 0 Å². The summed E-state index contributed by atoms with van der Waals surface area (Å²) >= 11 is 3.58.